The monoisotopic (exact) mass is 171 g/mol. The van der Waals surface area contributed by atoms with Crippen molar-refractivity contribution in [2.45, 2.75) is 0 Å². The van der Waals surface area contributed by atoms with Crippen molar-refractivity contribution >= 4 is 0 Å². The number of aromatic nitrogens is 2. The maximum Gasteiger partial charge on any atom is 0.219 e. The van der Waals surface area contributed by atoms with Gasteiger partial charge in [0.15, 0.2) is 0 Å². The smallest absolute Gasteiger partial charge is 0.219 e. The average Bonchev–Trinajstić information content (AvgIpc) is 2.21. The molecule has 0 aliphatic heterocycles. The van der Waals surface area contributed by atoms with Crippen LogP contribution in [0, 0.1) is 6.20 Å². The molecule has 3 heteroatoms. The Balaban J connectivity index is 2.16. The third-order valence-corrected chi connectivity index (χ3v) is 1.45. The van der Waals surface area contributed by atoms with Gasteiger partial charge >= 0.3 is 0 Å². The van der Waals surface area contributed by atoms with Gasteiger partial charge in [-0.1, -0.05) is 6.07 Å². The first-order valence-corrected chi connectivity index (χ1v) is 3.86. The van der Waals surface area contributed by atoms with Crippen LogP contribution >= 0.6 is 0 Å². The number of ether oxygens (including phenoxy) is 1. The molecule has 2 heterocycles. The van der Waals surface area contributed by atoms with Gasteiger partial charge in [-0.15, -0.1) is 0 Å². The fourth-order valence-corrected chi connectivity index (χ4v) is 0.895. The SMILES string of the molecule is [c]1ccc(Oc2ccccn2)cn1. The molecule has 0 atom stereocenters. The minimum absolute atomic E-state index is 0.565. The molecule has 63 valence electrons. The highest BCUT2D eigenvalue weighted by Crippen LogP contribution is 2.15. The van der Waals surface area contributed by atoms with E-state index in [1.165, 1.54) is 0 Å². The van der Waals surface area contributed by atoms with Crippen LogP contribution in [0.4, 0.5) is 0 Å². The summed E-state index contributed by atoms with van der Waals surface area (Å²) < 4.78 is 5.38. The molecule has 0 unspecified atom stereocenters. The molecular formula is C10H7N2O. The fraction of sp³-hybridized carbons (Fsp3) is 0. The van der Waals surface area contributed by atoms with E-state index in [1.54, 1.807) is 30.6 Å². The summed E-state index contributed by atoms with van der Waals surface area (Å²) in [5, 5.41) is 0. The van der Waals surface area contributed by atoms with Crippen molar-refractivity contribution in [1.29, 1.82) is 0 Å². The summed E-state index contributed by atoms with van der Waals surface area (Å²) in [4.78, 5) is 7.82. The lowest BCUT2D eigenvalue weighted by Crippen LogP contribution is -1.86. The molecule has 0 saturated heterocycles. The quantitative estimate of drug-likeness (QED) is 0.693. The maximum atomic E-state index is 5.38. The van der Waals surface area contributed by atoms with Crippen LogP contribution in [0.15, 0.2) is 42.7 Å². The van der Waals surface area contributed by atoms with Crippen LogP contribution in [0.5, 0.6) is 11.6 Å². The first-order valence-electron chi connectivity index (χ1n) is 3.86. The van der Waals surface area contributed by atoms with Gasteiger partial charge in [-0.2, -0.15) is 0 Å². The van der Waals surface area contributed by atoms with Crippen LogP contribution in [-0.4, -0.2) is 9.97 Å². The van der Waals surface area contributed by atoms with Gasteiger partial charge in [0.25, 0.3) is 0 Å². The van der Waals surface area contributed by atoms with E-state index in [-0.39, 0.29) is 0 Å². The Morgan fingerprint density at radius 2 is 2.23 bits per heavy atom. The Hall–Kier alpha value is -1.90. The second-order valence-electron chi connectivity index (χ2n) is 2.39. The van der Waals surface area contributed by atoms with E-state index in [4.69, 9.17) is 4.74 Å². The average molecular weight is 171 g/mol. The number of hydrogen-bond acceptors (Lipinski definition) is 3. The molecule has 0 bridgehead atoms. The Kier molecular flexibility index (Phi) is 2.18. The van der Waals surface area contributed by atoms with E-state index in [0.29, 0.717) is 11.6 Å². The Morgan fingerprint density at radius 1 is 1.23 bits per heavy atom. The fourth-order valence-electron chi connectivity index (χ4n) is 0.895. The van der Waals surface area contributed by atoms with Crippen LogP contribution in [0.3, 0.4) is 0 Å². The van der Waals surface area contributed by atoms with Crippen molar-refractivity contribution in [2.75, 3.05) is 0 Å². The molecule has 13 heavy (non-hydrogen) atoms. The molecule has 2 rings (SSSR count). The molecule has 0 aliphatic rings. The highest BCUT2D eigenvalue weighted by Gasteiger charge is 1.94. The molecular weight excluding hydrogens is 164 g/mol. The lowest BCUT2D eigenvalue weighted by molar-refractivity contribution is 0.461. The molecule has 0 spiro atoms. The second-order valence-corrected chi connectivity index (χ2v) is 2.39. The highest BCUT2D eigenvalue weighted by molar-refractivity contribution is 5.22. The van der Waals surface area contributed by atoms with Crippen molar-refractivity contribution in [3.8, 4) is 11.6 Å². The zero-order valence-corrected chi connectivity index (χ0v) is 6.84. The molecule has 0 aromatic carbocycles. The van der Waals surface area contributed by atoms with Gasteiger partial charge in [-0.3, -0.25) is 4.98 Å². The van der Waals surface area contributed by atoms with E-state index < -0.39 is 0 Å². The minimum Gasteiger partial charge on any atom is -0.437 e. The third-order valence-electron chi connectivity index (χ3n) is 1.45. The Bertz CT molecular complexity index is 324. The third kappa shape index (κ3) is 2.02. The zero-order valence-electron chi connectivity index (χ0n) is 6.84. The van der Waals surface area contributed by atoms with Crippen molar-refractivity contribution in [2.24, 2.45) is 0 Å². The minimum atomic E-state index is 0.565. The molecule has 0 fully saturated rings. The van der Waals surface area contributed by atoms with Gasteiger partial charge in [0.05, 0.1) is 12.4 Å². The lowest BCUT2D eigenvalue weighted by Gasteiger charge is -2.01. The highest BCUT2D eigenvalue weighted by atomic mass is 16.5. The first kappa shape index (κ1) is 7.73. The molecule has 0 amide bonds. The summed E-state index contributed by atoms with van der Waals surface area (Å²) in [5.74, 6) is 1.23. The predicted octanol–water partition coefficient (Wildman–Crippen LogP) is 2.07. The summed E-state index contributed by atoms with van der Waals surface area (Å²) in [6.45, 7) is 0. The van der Waals surface area contributed by atoms with Gasteiger partial charge < -0.3 is 4.74 Å². The van der Waals surface area contributed by atoms with Gasteiger partial charge in [-0.05, 0) is 18.2 Å². The number of pyridine rings is 2. The van der Waals surface area contributed by atoms with E-state index in [0.717, 1.165) is 0 Å². The standard InChI is InChI=1S/C10H7N2O/c1-2-7-12-10(5-1)13-9-4-3-6-11-8-9/h1-5,7-8H. The maximum absolute atomic E-state index is 5.38. The molecule has 3 nitrogen and oxygen atoms in total. The second kappa shape index (κ2) is 3.67. The summed E-state index contributed by atoms with van der Waals surface area (Å²) in [7, 11) is 0. The van der Waals surface area contributed by atoms with Crippen LogP contribution in [0.1, 0.15) is 0 Å². The van der Waals surface area contributed by atoms with Gasteiger partial charge in [0.1, 0.15) is 5.75 Å². The normalized spacial score (nSPS) is 9.54. The van der Waals surface area contributed by atoms with Crippen LogP contribution in [-0.2, 0) is 0 Å². The van der Waals surface area contributed by atoms with Crippen LogP contribution < -0.4 is 4.74 Å². The number of rotatable bonds is 2. The van der Waals surface area contributed by atoms with E-state index >= 15 is 0 Å². The zero-order chi connectivity index (χ0) is 8.93. The van der Waals surface area contributed by atoms with Gasteiger partial charge in [-0.25, -0.2) is 4.98 Å². The first-order chi connectivity index (χ1) is 6.45. The largest absolute Gasteiger partial charge is 0.437 e. The summed E-state index contributed by atoms with van der Waals surface area (Å²) in [6.07, 6.45) is 5.94. The predicted molar refractivity (Wildman–Crippen MR) is 47.4 cm³/mol. The molecule has 0 saturated carbocycles. The van der Waals surface area contributed by atoms with Crippen molar-refractivity contribution in [3.63, 3.8) is 0 Å². The number of hydrogen-bond donors (Lipinski definition) is 0. The Morgan fingerprint density at radius 3 is 2.92 bits per heavy atom. The molecule has 2 aromatic rings. The number of nitrogens with zero attached hydrogens (tertiary/aromatic N) is 2. The Labute approximate surface area is 76.0 Å². The summed E-state index contributed by atoms with van der Waals surface area (Å²) in [5.41, 5.74) is 0. The van der Waals surface area contributed by atoms with Crippen LogP contribution in [0.25, 0.3) is 0 Å². The molecule has 2 aromatic heterocycles. The van der Waals surface area contributed by atoms with E-state index in [2.05, 4.69) is 16.2 Å². The molecule has 0 aliphatic carbocycles. The summed E-state index contributed by atoms with van der Waals surface area (Å²) in [6, 6.07) is 8.96. The molecule has 1 radical (unpaired) electrons. The van der Waals surface area contributed by atoms with Crippen LogP contribution in [0.2, 0.25) is 0 Å². The topological polar surface area (TPSA) is 35.0 Å². The molecule has 0 N–H and O–H groups in total. The van der Waals surface area contributed by atoms with E-state index in [9.17, 15) is 0 Å². The van der Waals surface area contributed by atoms with Crippen molar-refractivity contribution in [1.82, 2.24) is 9.97 Å². The van der Waals surface area contributed by atoms with Gasteiger partial charge in [0, 0.05) is 12.3 Å². The lowest BCUT2D eigenvalue weighted by atomic mass is 10.4. The van der Waals surface area contributed by atoms with Crippen molar-refractivity contribution < 1.29 is 4.74 Å². The van der Waals surface area contributed by atoms with E-state index in [1.807, 2.05) is 12.1 Å². The van der Waals surface area contributed by atoms with Crippen molar-refractivity contribution in [3.05, 3.63) is 48.9 Å². The van der Waals surface area contributed by atoms with Gasteiger partial charge in [0.2, 0.25) is 5.88 Å². The summed E-state index contributed by atoms with van der Waals surface area (Å²) >= 11 is 0.